The molecule has 188 valence electrons. The molecule has 2 nitrogen and oxygen atoms in total. The molecule has 0 amide bonds. The van der Waals surface area contributed by atoms with Crippen LogP contribution < -0.4 is 0 Å². The Bertz CT molecular complexity index is 746. The van der Waals surface area contributed by atoms with Crippen molar-refractivity contribution >= 4 is 51.2 Å². The van der Waals surface area contributed by atoms with Crippen LogP contribution in [0.4, 0.5) is 0 Å². The first-order valence-corrected chi connectivity index (χ1v) is 16.2. The summed E-state index contributed by atoms with van der Waals surface area (Å²) in [5.74, 6) is 5.22. The highest BCUT2D eigenvalue weighted by Gasteiger charge is 2.59. The van der Waals surface area contributed by atoms with Gasteiger partial charge >= 0.3 is 5.97 Å². The zero-order valence-electron chi connectivity index (χ0n) is 21.5. The van der Waals surface area contributed by atoms with E-state index >= 15 is 0 Å². The summed E-state index contributed by atoms with van der Waals surface area (Å²) in [7, 11) is 0. The Balaban J connectivity index is 1.45. The summed E-state index contributed by atoms with van der Waals surface area (Å²) in [5, 5.41) is 0. The van der Waals surface area contributed by atoms with E-state index in [9.17, 15) is 4.79 Å². The second kappa shape index (κ2) is 10.6. The average Bonchev–Trinajstić information content (AvgIpc) is 3.11. The molecular formula is C29H46I2O2. The molecule has 0 saturated heterocycles. The highest BCUT2D eigenvalue weighted by atomic mass is 127. The number of alkyl halides is 2. The molecule has 3 saturated carbocycles. The molecule has 0 N–H and O–H groups in total. The minimum Gasteiger partial charge on any atom is -0.461 e. The SMILES string of the molecule is CC(C)CCCC(C)C1CCC2C3CC=C4CC(OC(=O)C(I)I)CCC4(C)C3CCC12C. The van der Waals surface area contributed by atoms with Gasteiger partial charge in [-0.15, -0.1) is 0 Å². The molecular weight excluding hydrogens is 634 g/mol. The van der Waals surface area contributed by atoms with Crippen LogP contribution in [0.2, 0.25) is 0 Å². The molecule has 4 aliphatic carbocycles. The van der Waals surface area contributed by atoms with Gasteiger partial charge in [-0.05, 0) is 91.3 Å². The van der Waals surface area contributed by atoms with Gasteiger partial charge in [-0.3, -0.25) is 4.79 Å². The number of ether oxygens (including phenoxy) is 1. The molecule has 0 heterocycles. The van der Waals surface area contributed by atoms with Crippen LogP contribution in [-0.4, -0.2) is 14.0 Å². The predicted octanol–water partition coefficient (Wildman–Crippen LogP) is 9.14. The number of carbonyl (C=O) groups is 1. The second-order valence-corrected chi connectivity index (χ2v) is 17.8. The van der Waals surface area contributed by atoms with Crippen LogP contribution in [0.3, 0.4) is 0 Å². The number of hydrogen-bond acceptors (Lipinski definition) is 2. The Morgan fingerprint density at radius 2 is 1.82 bits per heavy atom. The quantitative estimate of drug-likeness (QED) is 0.116. The van der Waals surface area contributed by atoms with Crippen molar-refractivity contribution in [1.29, 1.82) is 0 Å². The van der Waals surface area contributed by atoms with E-state index in [0.29, 0.717) is 10.8 Å². The topological polar surface area (TPSA) is 26.3 Å². The van der Waals surface area contributed by atoms with E-state index in [1.807, 2.05) is 0 Å². The first kappa shape index (κ1) is 26.7. The molecule has 0 bridgehead atoms. The molecule has 0 aromatic rings. The summed E-state index contributed by atoms with van der Waals surface area (Å²) in [6.45, 7) is 12.6. The first-order chi connectivity index (χ1) is 15.6. The summed E-state index contributed by atoms with van der Waals surface area (Å²) in [6, 6.07) is 0. The lowest BCUT2D eigenvalue weighted by molar-refractivity contribution is -0.148. The number of carbonyl (C=O) groups excluding carboxylic acids is 1. The lowest BCUT2D eigenvalue weighted by Gasteiger charge is -2.58. The van der Waals surface area contributed by atoms with Crippen LogP contribution in [0.5, 0.6) is 0 Å². The second-order valence-electron chi connectivity index (χ2n) is 12.9. The maximum absolute atomic E-state index is 12.2. The van der Waals surface area contributed by atoms with Crippen LogP contribution >= 0.6 is 45.2 Å². The zero-order valence-corrected chi connectivity index (χ0v) is 25.9. The maximum Gasteiger partial charge on any atom is 0.329 e. The molecule has 3 fully saturated rings. The molecule has 4 aliphatic rings. The van der Waals surface area contributed by atoms with Crippen LogP contribution in [-0.2, 0) is 9.53 Å². The van der Waals surface area contributed by atoms with Crippen molar-refractivity contribution in [3.8, 4) is 0 Å². The number of esters is 1. The number of halogens is 2. The van der Waals surface area contributed by atoms with Gasteiger partial charge in [0.05, 0.1) is 0 Å². The van der Waals surface area contributed by atoms with Crippen molar-refractivity contribution in [2.75, 3.05) is 0 Å². The van der Waals surface area contributed by atoms with Crippen LogP contribution in [0.15, 0.2) is 11.6 Å². The van der Waals surface area contributed by atoms with Gasteiger partial charge < -0.3 is 4.74 Å². The van der Waals surface area contributed by atoms with E-state index in [-0.39, 0.29) is 14.0 Å². The van der Waals surface area contributed by atoms with E-state index in [2.05, 4.69) is 85.9 Å². The van der Waals surface area contributed by atoms with E-state index < -0.39 is 0 Å². The normalized spacial score (nSPS) is 41.2. The zero-order chi connectivity index (χ0) is 24.0. The molecule has 0 radical (unpaired) electrons. The molecule has 0 aromatic carbocycles. The minimum absolute atomic E-state index is 0.0490. The van der Waals surface area contributed by atoms with Gasteiger partial charge in [-0.25, -0.2) is 0 Å². The fourth-order valence-corrected chi connectivity index (χ4v) is 9.26. The van der Waals surface area contributed by atoms with Crippen molar-refractivity contribution in [2.45, 2.75) is 113 Å². The number of fused-ring (bicyclic) bond motifs is 5. The van der Waals surface area contributed by atoms with Crippen molar-refractivity contribution < 1.29 is 9.53 Å². The number of rotatable bonds is 7. The molecule has 8 unspecified atom stereocenters. The molecule has 0 spiro atoms. The fraction of sp³-hybridized carbons (Fsp3) is 0.897. The standard InChI is InChI=1S/C29H46I2O2/c1-18(2)7-6-8-19(3)23-11-12-24-22-10-9-20-17-21(33-27(32)26(30)31)13-15-28(20,4)25(22)14-16-29(23,24)5/h9,18-19,21-26H,6-8,10-17H2,1-5H3. The van der Waals surface area contributed by atoms with Gasteiger partial charge in [0, 0.05) is 6.42 Å². The fourth-order valence-electron chi connectivity index (χ4n) is 8.97. The molecule has 4 rings (SSSR count). The Hall–Kier alpha value is 0.670. The predicted molar refractivity (Wildman–Crippen MR) is 155 cm³/mol. The Morgan fingerprint density at radius 3 is 2.52 bits per heavy atom. The maximum atomic E-state index is 12.2. The Kier molecular flexibility index (Phi) is 8.56. The summed E-state index contributed by atoms with van der Waals surface area (Å²) in [6.07, 6.45) is 17.2. The van der Waals surface area contributed by atoms with Crippen molar-refractivity contribution in [2.24, 2.45) is 46.3 Å². The highest BCUT2D eigenvalue weighted by molar-refractivity contribution is 14.2. The Labute approximate surface area is 230 Å². The van der Waals surface area contributed by atoms with Crippen molar-refractivity contribution in [1.82, 2.24) is 0 Å². The van der Waals surface area contributed by atoms with Gasteiger partial charge in [0.2, 0.25) is 0 Å². The van der Waals surface area contributed by atoms with E-state index in [4.69, 9.17) is 4.74 Å². The smallest absolute Gasteiger partial charge is 0.329 e. The monoisotopic (exact) mass is 680 g/mol. The summed E-state index contributed by atoms with van der Waals surface area (Å²) < 4.78 is 5.77. The van der Waals surface area contributed by atoms with E-state index in [0.717, 1.165) is 48.3 Å². The number of allylic oxidation sites excluding steroid dienone is 1. The highest BCUT2D eigenvalue weighted by Crippen LogP contribution is 2.67. The summed E-state index contributed by atoms with van der Waals surface area (Å²) in [4.78, 5) is 12.2. The molecule has 8 atom stereocenters. The third kappa shape index (κ3) is 5.23. The Morgan fingerprint density at radius 1 is 1.06 bits per heavy atom. The molecule has 0 aliphatic heterocycles. The first-order valence-electron chi connectivity index (χ1n) is 13.7. The lowest BCUT2D eigenvalue weighted by Crippen LogP contribution is -2.51. The van der Waals surface area contributed by atoms with Gasteiger partial charge in [0.1, 0.15) is 6.10 Å². The van der Waals surface area contributed by atoms with Crippen molar-refractivity contribution in [3.63, 3.8) is 0 Å². The average molecular weight is 680 g/mol. The van der Waals surface area contributed by atoms with E-state index in [1.165, 1.54) is 57.8 Å². The third-order valence-electron chi connectivity index (χ3n) is 10.7. The molecule has 0 aromatic heterocycles. The van der Waals surface area contributed by atoms with Gasteiger partial charge in [0.15, 0.2) is 1.93 Å². The van der Waals surface area contributed by atoms with Gasteiger partial charge in [0.25, 0.3) is 0 Å². The third-order valence-corrected chi connectivity index (χ3v) is 11.7. The number of hydrogen-bond donors (Lipinski definition) is 0. The van der Waals surface area contributed by atoms with E-state index in [1.54, 1.807) is 5.57 Å². The largest absolute Gasteiger partial charge is 0.461 e. The van der Waals surface area contributed by atoms with Crippen LogP contribution in [0.1, 0.15) is 105 Å². The molecule has 4 heteroatoms. The summed E-state index contributed by atoms with van der Waals surface area (Å²) in [5.41, 5.74) is 2.51. The van der Waals surface area contributed by atoms with Gasteiger partial charge in [-0.2, -0.15) is 0 Å². The van der Waals surface area contributed by atoms with Crippen LogP contribution in [0, 0.1) is 46.3 Å². The van der Waals surface area contributed by atoms with Crippen LogP contribution in [0.25, 0.3) is 0 Å². The minimum atomic E-state index is -0.0858. The lowest BCUT2D eigenvalue weighted by atomic mass is 9.47. The van der Waals surface area contributed by atoms with Gasteiger partial charge in [-0.1, -0.05) is 111 Å². The van der Waals surface area contributed by atoms with Crippen molar-refractivity contribution in [3.05, 3.63) is 11.6 Å². The summed E-state index contributed by atoms with van der Waals surface area (Å²) >= 11 is 4.32. The molecule has 33 heavy (non-hydrogen) atoms.